The second-order valence-electron chi connectivity index (χ2n) is 6.27. The van der Waals surface area contributed by atoms with Crippen LogP contribution < -0.4 is 10.1 Å². The fourth-order valence-electron chi connectivity index (χ4n) is 2.08. The van der Waals surface area contributed by atoms with Crippen LogP contribution in [-0.2, 0) is 0 Å². The Morgan fingerprint density at radius 2 is 1.50 bits per heavy atom. The van der Waals surface area contributed by atoms with Crippen molar-refractivity contribution in [3.05, 3.63) is 60.7 Å². The van der Waals surface area contributed by atoms with Crippen molar-refractivity contribution in [3.63, 3.8) is 0 Å². The van der Waals surface area contributed by atoms with Crippen LogP contribution in [0.15, 0.2) is 65.2 Å². The van der Waals surface area contributed by atoms with E-state index in [2.05, 4.69) is 30.9 Å². The van der Waals surface area contributed by atoms with Gasteiger partial charge in [0.05, 0.1) is 0 Å². The van der Waals surface area contributed by atoms with E-state index in [9.17, 15) is 0 Å². The Morgan fingerprint density at radius 1 is 0.864 bits per heavy atom. The van der Waals surface area contributed by atoms with E-state index in [-0.39, 0.29) is 0 Å². The number of hydrogen-bond donors (Lipinski definition) is 0. The quantitative estimate of drug-likeness (QED) is 0.656. The Kier molecular flexibility index (Phi) is 3.86. The molecule has 0 spiro atoms. The maximum Gasteiger partial charge on any atom is 0.127 e. The summed E-state index contributed by atoms with van der Waals surface area (Å²) in [6.45, 7) is 6.73. The molecule has 0 aliphatic heterocycles. The Hall–Kier alpha value is -2.33. The van der Waals surface area contributed by atoms with Gasteiger partial charge in [0.25, 0.3) is 0 Å². The molecule has 112 valence electrons. The van der Waals surface area contributed by atoms with E-state index in [1.807, 2.05) is 54.6 Å². The predicted molar refractivity (Wildman–Crippen MR) is 91.4 cm³/mol. The molecule has 0 unspecified atom stereocenters. The lowest BCUT2D eigenvalue weighted by molar-refractivity contribution is 0.446. The lowest BCUT2D eigenvalue weighted by Gasteiger charge is -2.08. The maximum absolute atomic E-state index is 5.79. The Morgan fingerprint density at radius 3 is 2.09 bits per heavy atom. The van der Waals surface area contributed by atoms with Gasteiger partial charge in [0.2, 0.25) is 0 Å². The average molecular weight is 309 g/mol. The van der Waals surface area contributed by atoms with Crippen molar-refractivity contribution in [2.75, 3.05) is 0 Å². The summed E-state index contributed by atoms with van der Waals surface area (Å²) in [5, 5.41) is 5.21. The molecule has 2 aromatic carbocycles. The van der Waals surface area contributed by atoms with Crippen molar-refractivity contribution in [2.24, 2.45) is 0 Å². The number of benzene rings is 2. The lowest BCUT2D eigenvalue weighted by Crippen LogP contribution is -2.36. The summed E-state index contributed by atoms with van der Waals surface area (Å²) in [5.74, 6) is 1.64. The molecule has 22 heavy (non-hydrogen) atoms. The molecule has 0 fully saturated rings. The van der Waals surface area contributed by atoms with Crippen LogP contribution in [0.3, 0.4) is 0 Å². The maximum atomic E-state index is 5.79. The van der Waals surface area contributed by atoms with E-state index in [0.29, 0.717) is 0 Å². The van der Waals surface area contributed by atoms with Gasteiger partial charge in [-0.2, -0.15) is 0 Å². The van der Waals surface area contributed by atoms with Crippen LogP contribution in [0, 0.1) is 0 Å². The molecule has 3 rings (SSSR count). The van der Waals surface area contributed by atoms with Crippen molar-refractivity contribution in [1.29, 1.82) is 0 Å². The van der Waals surface area contributed by atoms with Crippen LogP contribution in [0.5, 0.6) is 11.5 Å². The van der Waals surface area contributed by atoms with E-state index < -0.39 is 8.07 Å². The molecular weight excluding hydrogens is 290 g/mol. The number of para-hydroxylation sites is 1. The zero-order valence-corrected chi connectivity index (χ0v) is 14.0. The Bertz CT molecular complexity index is 743. The highest BCUT2D eigenvalue weighted by Crippen LogP contribution is 2.25. The predicted octanol–water partition coefficient (Wildman–Crippen LogP) is 4.68. The third-order valence-corrected chi connectivity index (χ3v) is 5.09. The van der Waals surface area contributed by atoms with Crippen LogP contribution in [0.25, 0.3) is 11.3 Å². The van der Waals surface area contributed by atoms with E-state index in [0.717, 1.165) is 28.1 Å². The van der Waals surface area contributed by atoms with Crippen LogP contribution in [0.4, 0.5) is 0 Å². The first-order valence-electron chi connectivity index (χ1n) is 7.33. The monoisotopic (exact) mass is 309 g/mol. The zero-order chi connectivity index (χ0) is 15.6. The fourth-order valence-corrected chi connectivity index (χ4v) is 2.97. The summed E-state index contributed by atoms with van der Waals surface area (Å²) in [6, 6.07) is 19.7. The van der Waals surface area contributed by atoms with Gasteiger partial charge in [-0.1, -0.05) is 43.0 Å². The van der Waals surface area contributed by atoms with Gasteiger partial charge in [0, 0.05) is 11.6 Å². The summed E-state index contributed by atoms with van der Waals surface area (Å²) >= 11 is 0. The summed E-state index contributed by atoms with van der Waals surface area (Å²) in [7, 11) is -1.46. The highest BCUT2D eigenvalue weighted by molar-refractivity contribution is 6.87. The molecule has 0 aliphatic carbocycles. The van der Waals surface area contributed by atoms with Gasteiger partial charge in [0.1, 0.15) is 30.7 Å². The van der Waals surface area contributed by atoms with Crippen molar-refractivity contribution in [3.8, 4) is 22.8 Å². The zero-order valence-electron chi connectivity index (χ0n) is 13.0. The molecule has 1 heterocycles. The molecule has 0 atom stereocenters. The lowest BCUT2D eigenvalue weighted by atomic mass is 10.1. The molecule has 0 bridgehead atoms. The van der Waals surface area contributed by atoms with Gasteiger partial charge in [0.15, 0.2) is 0 Å². The first-order chi connectivity index (χ1) is 10.5. The van der Waals surface area contributed by atoms with E-state index >= 15 is 0 Å². The van der Waals surface area contributed by atoms with Gasteiger partial charge in [-0.25, -0.2) is 0 Å². The molecule has 0 radical (unpaired) electrons. The third kappa shape index (κ3) is 3.28. The molecule has 0 N–H and O–H groups in total. The fraction of sp³-hybridized carbons (Fsp3) is 0.167. The Balaban J connectivity index is 1.78. The molecular formula is C18H19NO2Si. The molecule has 4 heteroatoms. The molecule has 0 amide bonds. The topological polar surface area (TPSA) is 35.3 Å². The highest BCUT2D eigenvalue weighted by atomic mass is 28.3. The SMILES string of the molecule is C[Si](C)(C)c1cc(-c2ccc(Oc3ccccc3)cc2)no1. The summed E-state index contributed by atoms with van der Waals surface area (Å²) < 4.78 is 11.3. The van der Waals surface area contributed by atoms with Gasteiger partial charge in [-0.3, -0.25) is 0 Å². The molecule has 0 aliphatic rings. The highest BCUT2D eigenvalue weighted by Gasteiger charge is 2.22. The number of rotatable bonds is 4. The molecule has 1 aromatic heterocycles. The van der Waals surface area contributed by atoms with E-state index in [1.165, 1.54) is 0 Å². The van der Waals surface area contributed by atoms with Gasteiger partial charge >= 0.3 is 0 Å². The largest absolute Gasteiger partial charge is 0.457 e. The summed E-state index contributed by atoms with van der Waals surface area (Å²) in [6.07, 6.45) is 0. The average Bonchev–Trinajstić information content (AvgIpc) is 2.99. The van der Waals surface area contributed by atoms with Gasteiger partial charge < -0.3 is 9.26 Å². The normalized spacial score (nSPS) is 11.4. The van der Waals surface area contributed by atoms with Gasteiger partial charge in [-0.05, 0) is 36.4 Å². The van der Waals surface area contributed by atoms with Gasteiger partial charge in [-0.15, -0.1) is 0 Å². The van der Waals surface area contributed by atoms with Crippen LogP contribution in [0.1, 0.15) is 0 Å². The smallest absolute Gasteiger partial charge is 0.127 e. The molecule has 3 nitrogen and oxygen atoms in total. The third-order valence-electron chi connectivity index (χ3n) is 3.38. The van der Waals surface area contributed by atoms with Crippen molar-refractivity contribution >= 4 is 13.5 Å². The van der Waals surface area contributed by atoms with Crippen molar-refractivity contribution < 1.29 is 9.26 Å². The first-order valence-corrected chi connectivity index (χ1v) is 10.8. The molecule has 0 saturated carbocycles. The van der Waals surface area contributed by atoms with Crippen LogP contribution >= 0.6 is 0 Å². The number of aromatic nitrogens is 1. The first kappa shape index (κ1) is 14.6. The minimum Gasteiger partial charge on any atom is -0.457 e. The standard InChI is InChI=1S/C18H19NO2Si/c1-22(2,3)18-13-17(19-21-18)14-9-11-16(12-10-14)20-15-7-5-4-6-8-15/h4-13H,1-3H3. The minimum absolute atomic E-state index is 0.809. The van der Waals surface area contributed by atoms with E-state index in [1.54, 1.807) is 0 Å². The van der Waals surface area contributed by atoms with E-state index in [4.69, 9.17) is 9.26 Å². The second-order valence-corrected chi connectivity index (χ2v) is 11.3. The number of hydrogen-bond acceptors (Lipinski definition) is 3. The van der Waals surface area contributed by atoms with Crippen molar-refractivity contribution in [1.82, 2.24) is 5.16 Å². The van der Waals surface area contributed by atoms with Crippen LogP contribution in [0.2, 0.25) is 19.6 Å². The summed E-state index contributed by atoms with van der Waals surface area (Å²) in [4.78, 5) is 0. The minimum atomic E-state index is -1.46. The second kappa shape index (κ2) is 5.81. The number of ether oxygens (including phenoxy) is 1. The van der Waals surface area contributed by atoms with Crippen molar-refractivity contribution in [2.45, 2.75) is 19.6 Å². The summed E-state index contributed by atoms with van der Waals surface area (Å²) in [5.41, 5.74) is 1.91. The number of nitrogens with zero attached hydrogens (tertiary/aromatic N) is 1. The molecule has 0 saturated heterocycles. The van der Waals surface area contributed by atoms with Crippen LogP contribution in [-0.4, -0.2) is 13.2 Å². The Labute approximate surface area is 131 Å². The molecule has 3 aromatic rings.